The normalized spacial score (nSPS) is 23.7. The lowest BCUT2D eigenvalue weighted by molar-refractivity contribution is -0.136. The molecule has 0 bridgehead atoms. The molecule has 3 N–H and O–H groups in total. The summed E-state index contributed by atoms with van der Waals surface area (Å²) in [5.74, 6) is -0.564. The van der Waals surface area contributed by atoms with Crippen molar-refractivity contribution in [1.29, 1.82) is 0 Å². The fourth-order valence-electron chi connectivity index (χ4n) is 3.68. The van der Waals surface area contributed by atoms with Gasteiger partial charge in [-0.3, -0.25) is 4.79 Å². The fourth-order valence-corrected chi connectivity index (χ4v) is 3.68. The second-order valence-electron chi connectivity index (χ2n) is 6.73. The van der Waals surface area contributed by atoms with Crippen molar-refractivity contribution in [3.05, 3.63) is 47.0 Å². The molecule has 0 unspecified atom stereocenters. The van der Waals surface area contributed by atoms with E-state index in [-0.39, 0.29) is 23.6 Å². The van der Waals surface area contributed by atoms with Crippen molar-refractivity contribution in [2.45, 2.75) is 37.5 Å². The summed E-state index contributed by atoms with van der Waals surface area (Å²) in [6.07, 6.45) is -0.397. The van der Waals surface area contributed by atoms with Crippen molar-refractivity contribution in [3.8, 4) is 0 Å². The molecule has 1 aromatic rings. The monoisotopic (exact) mass is 381 g/mol. The van der Waals surface area contributed by atoms with E-state index in [1.165, 1.54) is 17.0 Å². The highest BCUT2D eigenvalue weighted by molar-refractivity contribution is 5.94. The summed E-state index contributed by atoms with van der Waals surface area (Å²) in [6, 6.07) is 4.97. The number of hydrogen-bond donors (Lipinski definition) is 3. The van der Waals surface area contributed by atoms with Gasteiger partial charge < -0.3 is 25.4 Å². The van der Waals surface area contributed by atoms with E-state index in [2.05, 4.69) is 10.6 Å². The Balaban J connectivity index is 1.85. The number of alkyl halides is 1. The molecule has 148 valence electrons. The van der Waals surface area contributed by atoms with Gasteiger partial charge in [0.15, 0.2) is 0 Å². The number of nitrogens with zero attached hydrogens (tertiary/aromatic N) is 1. The first kappa shape index (κ1) is 19.6. The highest BCUT2D eigenvalue weighted by Gasteiger charge is 2.37. The van der Waals surface area contributed by atoms with Gasteiger partial charge in [0, 0.05) is 38.3 Å². The second-order valence-corrected chi connectivity index (χ2v) is 6.73. The van der Waals surface area contributed by atoms with Gasteiger partial charge >= 0.3 is 0 Å². The zero-order valence-electron chi connectivity index (χ0n) is 15.3. The molecule has 0 aromatic heterocycles. The van der Waals surface area contributed by atoms with Crippen LogP contribution in [0.5, 0.6) is 0 Å². The van der Waals surface area contributed by atoms with Crippen molar-refractivity contribution in [2.24, 2.45) is 0 Å². The Hall–Kier alpha value is -2.19. The molecular weight excluding hydrogens is 356 g/mol. The smallest absolute Gasteiger partial charge is 0.255 e. The number of carbonyl (C=O) groups excluding carboxylic acids is 1. The number of ether oxygens (including phenoxy) is 1. The van der Waals surface area contributed by atoms with Gasteiger partial charge in [0.05, 0.1) is 11.6 Å². The number of halogens is 2. The van der Waals surface area contributed by atoms with Crippen LogP contribution in [0.4, 0.5) is 8.78 Å². The van der Waals surface area contributed by atoms with Crippen LogP contribution in [0.25, 0.3) is 0 Å². The third-order valence-electron chi connectivity index (χ3n) is 5.16. The van der Waals surface area contributed by atoms with Crippen molar-refractivity contribution < 1.29 is 23.4 Å². The van der Waals surface area contributed by atoms with Gasteiger partial charge in [-0.15, -0.1) is 0 Å². The lowest BCUT2D eigenvalue weighted by atomic mass is 9.92. The molecule has 2 aliphatic rings. The van der Waals surface area contributed by atoms with E-state index >= 15 is 0 Å². The van der Waals surface area contributed by atoms with E-state index in [9.17, 15) is 18.7 Å². The largest absolute Gasteiger partial charge is 0.381 e. The fraction of sp³-hybridized carbons (Fsp3) is 0.526. The van der Waals surface area contributed by atoms with E-state index < -0.39 is 30.7 Å². The highest BCUT2D eigenvalue weighted by Crippen LogP contribution is 2.33. The SMILES string of the molecule is CNC1=C(C(=O)N(CO)C2CCOCC2)C[C@@H](F)[C@H](c2ccccc2F)N1. The first-order valence-electron chi connectivity index (χ1n) is 9.12. The van der Waals surface area contributed by atoms with Crippen LogP contribution < -0.4 is 10.6 Å². The van der Waals surface area contributed by atoms with Crippen LogP contribution in [0, 0.1) is 5.82 Å². The number of rotatable bonds is 5. The molecule has 0 saturated carbocycles. The van der Waals surface area contributed by atoms with Crippen LogP contribution >= 0.6 is 0 Å². The molecule has 1 aromatic carbocycles. The van der Waals surface area contributed by atoms with Gasteiger partial charge in [-0.1, -0.05) is 18.2 Å². The Morgan fingerprint density at radius 3 is 2.70 bits per heavy atom. The van der Waals surface area contributed by atoms with Gasteiger partial charge in [0.2, 0.25) is 0 Å². The molecule has 0 aliphatic carbocycles. The standard InChI is InChI=1S/C19H25F2N3O3/c1-22-18-14(19(26)24(11-25)12-6-8-27-9-7-12)10-16(21)17(23-18)13-4-2-3-5-15(13)20/h2-5,12,16-17,22-23,25H,6-11H2,1H3/t16-,17+/m1/s1. The van der Waals surface area contributed by atoms with Gasteiger partial charge in [0.1, 0.15) is 24.5 Å². The first-order valence-corrected chi connectivity index (χ1v) is 9.12. The molecule has 1 fully saturated rings. The number of hydrogen-bond acceptors (Lipinski definition) is 5. The lowest BCUT2D eigenvalue weighted by Crippen LogP contribution is -2.48. The molecule has 1 amide bonds. The number of amides is 1. The van der Waals surface area contributed by atoms with Crippen molar-refractivity contribution >= 4 is 5.91 Å². The first-order chi connectivity index (χ1) is 13.1. The quantitative estimate of drug-likeness (QED) is 0.676. The zero-order valence-corrected chi connectivity index (χ0v) is 15.3. The molecule has 0 radical (unpaired) electrons. The van der Waals surface area contributed by atoms with E-state index in [0.717, 1.165) is 0 Å². The number of aliphatic hydroxyl groups excluding tert-OH is 1. The Morgan fingerprint density at radius 1 is 1.37 bits per heavy atom. The predicted molar refractivity (Wildman–Crippen MR) is 95.6 cm³/mol. The van der Waals surface area contributed by atoms with Crippen molar-refractivity contribution in [1.82, 2.24) is 15.5 Å². The summed E-state index contributed by atoms with van der Waals surface area (Å²) in [5, 5.41) is 15.5. The molecule has 2 aliphatic heterocycles. The van der Waals surface area contributed by atoms with Crippen LogP contribution in [-0.4, -0.2) is 55.1 Å². The van der Waals surface area contributed by atoms with Crippen molar-refractivity contribution in [3.63, 3.8) is 0 Å². The molecule has 2 atom stereocenters. The number of carbonyl (C=O) groups is 1. The van der Waals surface area contributed by atoms with E-state index in [4.69, 9.17) is 4.74 Å². The van der Waals surface area contributed by atoms with Gasteiger partial charge in [-0.2, -0.15) is 0 Å². The maximum Gasteiger partial charge on any atom is 0.255 e. The average molecular weight is 381 g/mol. The third-order valence-corrected chi connectivity index (χ3v) is 5.16. The highest BCUT2D eigenvalue weighted by atomic mass is 19.1. The van der Waals surface area contributed by atoms with Crippen LogP contribution in [0.2, 0.25) is 0 Å². The molecule has 1 saturated heterocycles. The lowest BCUT2D eigenvalue weighted by Gasteiger charge is -2.37. The van der Waals surface area contributed by atoms with Crippen LogP contribution in [0.1, 0.15) is 30.9 Å². The average Bonchev–Trinajstić information content (AvgIpc) is 2.70. The van der Waals surface area contributed by atoms with E-state index in [1.54, 1.807) is 19.2 Å². The van der Waals surface area contributed by atoms with Gasteiger partial charge in [0.25, 0.3) is 5.91 Å². The van der Waals surface area contributed by atoms with Crippen LogP contribution in [0.15, 0.2) is 35.7 Å². The Bertz CT molecular complexity index is 707. The molecule has 8 heteroatoms. The maximum absolute atomic E-state index is 14.9. The summed E-state index contributed by atoms with van der Waals surface area (Å²) in [6.45, 7) is 0.592. The number of aliphatic hydroxyl groups is 1. The minimum Gasteiger partial charge on any atom is -0.381 e. The molecule has 6 nitrogen and oxygen atoms in total. The molecule has 27 heavy (non-hydrogen) atoms. The topological polar surface area (TPSA) is 73.8 Å². The Kier molecular flexibility index (Phi) is 6.28. The summed E-state index contributed by atoms with van der Waals surface area (Å²) in [5.41, 5.74) is 0.436. The second kappa shape index (κ2) is 8.67. The molecular formula is C19H25F2N3O3. The number of nitrogens with one attached hydrogen (secondary N) is 2. The maximum atomic E-state index is 14.9. The molecule has 3 rings (SSSR count). The summed E-state index contributed by atoms with van der Waals surface area (Å²) < 4.78 is 34.3. The summed E-state index contributed by atoms with van der Waals surface area (Å²) in [4.78, 5) is 14.4. The number of benzene rings is 1. The van der Waals surface area contributed by atoms with Crippen molar-refractivity contribution in [2.75, 3.05) is 27.0 Å². The Labute approximate surface area is 157 Å². The Morgan fingerprint density at radius 2 is 2.07 bits per heavy atom. The minimum atomic E-state index is -1.48. The predicted octanol–water partition coefficient (Wildman–Crippen LogP) is 1.59. The third kappa shape index (κ3) is 4.06. The van der Waals surface area contributed by atoms with E-state index in [1.807, 2.05) is 0 Å². The summed E-state index contributed by atoms with van der Waals surface area (Å²) >= 11 is 0. The minimum absolute atomic E-state index is 0.149. The van der Waals surface area contributed by atoms with Crippen LogP contribution in [-0.2, 0) is 9.53 Å². The zero-order chi connectivity index (χ0) is 19.4. The van der Waals surface area contributed by atoms with Crippen LogP contribution in [0.3, 0.4) is 0 Å². The van der Waals surface area contributed by atoms with Gasteiger partial charge in [-0.25, -0.2) is 8.78 Å². The summed E-state index contributed by atoms with van der Waals surface area (Å²) in [7, 11) is 1.62. The van der Waals surface area contributed by atoms with Gasteiger partial charge in [-0.05, 0) is 18.9 Å². The molecule has 0 spiro atoms. The molecule has 2 heterocycles. The van der Waals surface area contributed by atoms with E-state index in [0.29, 0.717) is 31.9 Å².